The highest BCUT2D eigenvalue weighted by Crippen LogP contribution is 2.35. The highest BCUT2D eigenvalue weighted by atomic mass is 16.5. The summed E-state index contributed by atoms with van der Waals surface area (Å²) in [5, 5.41) is 0. The molecule has 1 heterocycles. The van der Waals surface area contributed by atoms with Crippen LogP contribution in [0.1, 0.15) is 12.5 Å². The lowest BCUT2D eigenvalue weighted by Crippen LogP contribution is -2.25. The standard InChI is InChI=1S/C11H14N2O2/c1-7(14)13-4-3-8-5-11(15-2)9(12)6-10(8)13/h5-6H,3-4,12H2,1-2H3. The Hall–Kier alpha value is -1.71. The van der Waals surface area contributed by atoms with E-state index in [1.54, 1.807) is 18.9 Å². The molecule has 1 aromatic rings. The molecule has 0 unspecified atom stereocenters. The maximum absolute atomic E-state index is 11.3. The van der Waals surface area contributed by atoms with Crippen LogP contribution in [0.4, 0.5) is 11.4 Å². The molecule has 0 saturated heterocycles. The van der Waals surface area contributed by atoms with Crippen molar-refractivity contribution >= 4 is 17.3 Å². The van der Waals surface area contributed by atoms with Gasteiger partial charge in [-0.2, -0.15) is 0 Å². The minimum atomic E-state index is 0.0540. The Morgan fingerprint density at radius 3 is 2.87 bits per heavy atom. The van der Waals surface area contributed by atoms with E-state index in [1.165, 1.54) is 0 Å². The minimum Gasteiger partial charge on any atom is -0.495 e. The van der Waals surface area contributed by atoms with Crippen molar-refractivity contribution in [1.29, 1.82) is 0 Å². The van der Waals surface area contributed by atoms with Crippen LogP contribution in [0.5, 0.6) is 5.75 Å². The summed E-state index contributed by atoms with van der Waals surface area (Å²) in [5.41, 5.74) is 8.42. The molecule has 4 heteroatoms. The molecule has 2 rings (SSSR count). The van der Waals surface area contributed by atoms with Crippen LogP contribution in [0.3, 0.4) is 0 Å². The Kier molecular flexibility index (Phi) is 2.26. The summed E-state index contributed by atoms with van der Waals surface area (Å²) in [5.74, 6) is 0.734. The van der Waals surface area contributed by atoms with E-state index in [1.807, 2.05) is 12.1 Å². The summed E-state index contributed by atoms with van der Waals surface area (Å²) >= 11 is 0. The number of rotatable bonds is 1. The van der Waals surface area contributed by atoms with Crippen molar-refractivity contribution in [2.75, 3.05) is 24.3 Å². The molecule has 0 bridgehead atoms. The van der Waals surface area contributed by atoms with Gasteiger partial charge in [-0.1, -0.05) is 0 Å². The zero-order valence-corrected chi connectivity index (χ0v) is 8.91. The molecular weight excluding hydrogens is 192 g/mol. The first-order valence-electron chi connectivity index (χ1n) is 4.88. The molecular formula is C11H14N2O2. The van der Waals surface area contributed by atoms with E-state index >= 15 is 0 Å². The number of ether oxygens (including phenoxy) is 1. The number of amides is 1. The maximum atomic E-state index is 11.3. The summed E-state index contributed by atoms with van der Waals surface area (Å²) in [6.07, 6.45) is 0.867. The molecule has 1 aliphatic rings. The number of carbonyl (C=O) groups excluding carboxylic acids is 1. The van der Waals surface area contributed by atoms with Crippen molar-refractivity contribution in [3.8, 4) is 5.75 Å². The zero-order chi connectivity index (χ0) is 11.0. The van der Waals surface area contributed by atoms with Gasteiger partial charge in [-0.3, -0.25) is 4.79 Å². The number of carbonyl (C=O) groups is 1. The molecule has 0 saturated carbocycles. The number of nitrogen functional groups attached to an aromatic ring is 1. The molecule has 0 aromatic heterocycles. The monoisotopic (exact) mass is 206 g/mol. The van der Waals surface area contributed by atoms with Gasteiger partial charge in [-0.05, 0) is 24.1 Å². The van der Waals surface area contributed by atoms with Gasteiger partial charge in [0.1, 0.15) is 5.75 Å². The highest BCUT2D eigenvalue weighted by molar-refractivity contribution is 5.94. The molecule has 2 N–H and O–H groups in total. The maximum Gasteiger partial charge on any atom is 0.223 e. The lowest BCUT2D eigenvalue weighted by molar-refractivity contribution is -0.116. The Morgan fingerprint density at radius 1 is 1.53 bits per heavy atom. The number of fused-ring (bicyclic) bond motifs is 1. The van der Waals surface area contributed by atoms with Crippen LogP contribution in [0, 0.1) is 0 Å². The van der Waals surface area contributed by atoms with E-state index in [9.17, 15) is 4.79 Å². The van der Waals surface area contributed by atoms with Crippen LogP contribution in [0.25, 0.3) is 0 Å². The molecule has 0 spiro atoms. The average molecular weight is 206 g/mol. The van der Waals surface area contributed by atoms with Gasteiger partial charge in [0, 0.05) is 19.2 Å². The van der Waals surface area contributed by atoms with Crippen LogP contribution in [-0.2, 0) is 11.2 Å². The first kappa shape index (κ1) is 9.83. The van der Waals surface area contributed by atoms with Gasteiger partial charge in [0.25, 0.3) is 0 Å². The van der Waals surface area contributed by atoms with Gasteiger partial charge in [0.2, 0.25) is 5.91 Å². The van der Waals surface area contributed by atoms with Crippen LogP contribution in [0.15, 0.2) is 12.1 Å². The predicted molar refractivity (Wildman–Crippen MR) is 59.1 cm³/mol. The Morgan fingerprint density at radius 2 is 2.27 bits per heavy atom. The lowest BCUT2D eigenvalue weighted by Gasteiger charge is -2.15. The molecule has 1 aliphatic heterocycles. The van der Waals surface area contributed by atoms with Gasteiger partial charge in [-0.25, -0.2) is 0 Å². The van der Waals surface area contributed by atoms with E-state index < -0.39 is 0 Å². The van der Waals surface area contributed by atoms with Crippen molar-refractivity contribution in [2.24, 2.45) is 0 Å². The summed E-state index contributed by atoms with van der Waals surface area (Å²) < 4.78 is 5.14. The number of nitrogens with zero attached hydrogens (tertiary/aromatic N) is 1. The van der Waals surface area contributed by atoms with Crippen molar-refractivity contribution in [1.82, 2.24) is 0 Å². The number of nitrogens with two attached hydrogens (primary N) is 1. The third-order valence-corrected chi connectivity index (χ3v) is 2.71. The summed E-state index contributed by atoms with van der Waals surface area (Å²) in [4.78, 5) is 13.1. The number of benzene rings is 1. The summed E-state index contributed by atoms with van der Waals surface area (Å²) in [7, 11) is 1.59. The third kappa shape index (κ3) is 1.52. The number of hydrogen-bond donors (Lipinski definition) is 1. The van der Waals surface area contributed by atoms with Gasteiger partial charge >= 0.3 is 0 Å². The molecule has 80 valence electrons. The molecule has 4 nitrogen and oxygen atoms in total. The van der Waals surface area contributed by atoms with Crippen LogP contribution in [-0.4, -0.2) is 19.6 Å². The highest BCUT2D eigenvalue weighted by Gasteiger charge is 2.23. The molecule has 1 amide bonds. The van der Waals surface area contributed by atoms with Gasteiger partial charge < -0.3 is 15.4 Å². The topological polar surface area (TPSA) is 55.6 Å². The quantitative estimate of drug-likeness (QED) is 0.702. The first-order valence-corrected chi connectivity index (χ1v) is 4.88. The summed E-state index contributed by atoms with van der Waals surface area (Å²) in [6.45, 7) is 2.30. The molecule has 15 heavy (non-hydrogen) atoms. The predicted octanol–water partition coefficient (Wildman–Crippen LogP) is 1.19. The van der Waals surface area contributed by atoms with E-state index in [2.05, 4.69) is 0 Å². The first-order chi connectivity index (χ1) is 7.13. The molecule has 0 fully saturated rings. The van der Waals surface area contributed by atoms with Crippen LogP contribution >= 0.6 is 0 Å². The molecule has 0 atom stereocenters. The number of methoxy groups -OCH3 is 1. The van der Waals surface area contributed by atoms with Gasteiger partial charge in [0.05, 0.1) is 12.8 Å². The fourth-order valence-corrected chi connectivity index (χ4v) is 1.93. The van der Waals surface area contributed by atoms with Crippen LogP contribution < -0.4 is 15.4 Å². The van der Waals surface area contributed by atoms with Gasteiger partial charge in [0.15, 0.2) is 0 Å². The second kappa shape index (κ2) is 3.46. The zero-order valence-electron chi connectivity index (χ0n) is 8.91. The van der Waals surface area contributed by atoms with Crippen molar-refractivity contribution in [3.05, 3.63) is 17.7 Å². The SMILES string of the molecule is COc1cc2c(cc1N)N(C(C)=O)CC2. The van der Waals surface area contributed by atoms with E-state index in [4.69, 9.17) is 10.5 Å². The van der Waals surface area contributed by atoms with Crippen molar-refractivity contribution in [3.63, 3.8) is 0 Å². The Balaban J connectivity index is 2.47. The number of anilines is 2. The van der Waals surface area contributed by atoms with E-state index in [-0.39, 0.29) is 5.91 Å². The fourth-order valence-electron chi connectivity index (χ4n) is 1.93. The third-order valence-electron chi connectivity index (χ3n) is 2.71. The van der Waals surface area contributed by atoms with Crippen LogP contribution in [0.2, 0.25) is 0 Å². The van der Waals surface area contributed by atoms with Crippen molar-refractivity contribution < 1.29 is 9.53 Å². The Bertz CT molecular complexity index is 415. The van der Waals surface area contributed by atoms with Gasteiger partial charge in [-0.15, -0.1) is 0 Å². The minimum absolute atomic E-state index is 0.0540. The second-order valence-corrected chi connectivity index (χ2v) is 3.64. The van der Waals surface area contributed by atoms with E-state index in [0.717, 1.165) is 24.2 Å². The molecule has 0 aliphatic carbocycles. The molecule has 0 radical (unpaired) electrons. The average Bonchev–Trinajstić information content (AvgIpc) is 2.59. The summed E-state index contributed by atoms with van der Waals surface area (Å²) in [6, 6.07) is 3.72. The number of hydrogen-bond acceptors (Lipinski definition) is 3. The normalized spacial score (nSPS) is 13.9. The Labute approximate surface area is 88.6 Å². The lowest BCUT2D eigenvalue weighted by atomic mass is 10.1. The smallest absolute Gasteiger partial charge is 0.223 e. The second-order valence-electron chi connectivity index (χ2n) is 3.64. The molecule has 1 aromatic carbocycles. The largest absolute Gasteiger partial charge is 0.495 e. The van der Waals surface area contributed by atoms with Crippen molar-refractivity contribution in [2.45, 2.75) is 13.3 Å². The fraction of sp³-hybridized carbons (Fsp3) is 0.364. The van der Waals surface area contributed by atoms with E-state index in [0.29, 0.717) is 11.4 Å².